The summed E-state index contributed by atoms with van der Waals surface area (Å²) in [5.74, 6) is 0.940. The van der Waals surface area contributed by atoms with E-state index in [0.717, 1.165) is 12.0 Å². The summed E-state index contributed by atoms with van der Waals surface area (Å²) in [6.07, 6.45) is 7.20. The molecule has 1 saturated carbocycles. The smallest absolute Gasteiger partial charge is 0.0110 e. The SMILES string of the molecule is CC(C)(C)C1CCCC(N2CCNCC2)CC1. The minimum absolute atomic E-state index is 0.512. The monoisotopic (exact) mass is 238 g/mol. The van der Waals surface area contributed by atoms with E-state index in [2.05, 4.69) is 31.0 Å². The lowest BCUT2D eigenvalue weighted by Crippen LogP contribution is -2.48. The van der Waals surface area contributed by atoms with Crippen LogP contribution in [0.2, 0.25) is 0 Å². The quantitative estimate of drug-likeness (QED) is 0.707. The van der Waals surface area contributed by atoms with Crippen LogP contribution in [0.5, 0.6) is 0 Å². The second-order valence-corrected chi connectivity index (χ2v) is 7.01. The average Bonchev–Trinajstić information content (AvgIpc) is 2.55. The van der Waals surface area contributed by atoms with Gasteiger partial charge in [0.15, 0.2) is 0 Å². The molecule has 17 heavy (non-hydrogen) atoms. The lowest BCUT2D eigenvalue weighted by atomic mass is 9.76. The van der Waals surface area contributed by atoms with Gasteiger partial charge in [0, 0.05) is 32.2 Å². The van der Waals surface area contributed by atoms with E-state index in [0.29, 0.717) is 5.41 Å². The third-order valence-corrected chi connectivity index (χ3v) is 4.83. The van der Waals surface area contributed by atoms with Crippen LogP contribution in [0.3, 0.4) is 0 Å². The van der Waals surface area contributed by atoms with E-state index in [4.69, 9.17) is 0 Å². The van der Waals surface area contributed by atoms with Gasteiger partial charge in [-0.2, -0.15) is 0 Å². The minimum Gasteiger partial charge on any atom is -0.314 e. The first kappa shape index (κ1) is 13.4. The normalized spacial score (nSPS) is 33.4. The molecule has 1 aliphatic heterocycles. The highest BCUT2D eigenvalue weighted by Crippen LogP contribution is 2.37. The van der Waals surface area contributed by atoms with E-state index in [1.54, 1.807) is 0 Å². The van der Waals surface area contributed by atoms with E-state index >= 15 is 0 Å². The molecular formula is C15H30N2. The van der Waals surface area contributed by atoms with Gasteiger partial charge >= 0.3 is 0 Å². The van der Waals surface area contributed by atoms with Crippen LogP contribution in [0.1, 0.15) is 52.9 Å². The Morgan fingerprint density at radius 1 is 0.941 bits per heavy atom. The summed E-state index contributed by atoms with van der Waals surface area (Å²) in [6, 6.07) is 0.879. The van der Waals surface area contributed by atoms with Crippen molar-refractivity contribution in [3.8, 4) is 0 Å². The minimum atomic E-state index is 0.512. The van der Waals surface area contributed by atoms with Gasteiger partial charge < -0.3 is 5.32 Å². The van der Waals surface area contributed by atoms with Crippen LogP contribution < -0.4 is 5.32 Å². The van der Waals surface area contributed by atoms with Gasteiger partial charge in [-0.15, -0.1) is 0 Å². The molecule has 1 N–H and O–H groups in total. The summed E-state index contributed by atoms with van der Waals surface area (Å²) < 4.78 is 0. The molecule has 0 aromatic heterocycles. The van der Waals surface area contributed by atoms with Gasteiger partial charge in [-0.1, -0.05) is 27.2 Å². The highest BCUT2D eigenvalue weighted by Gasteiger charge is 2.29. The fraction of sp³-hybridized carbons (Fsp3) is 1.00. The molecule has 100 valence electrons. The Morgan fingerprint density at radius 3 is 2.29 bits per heavy atom. The Hall–Kier alpha value is -0.0800. The molecule has 2 unspecified atom stereocenters. The predicted octanol–water partition coefficient (Wildman–Crippen LogP) is 2.89. The fourth-order valence-corrected chi connectivity index (χ4v) is 3.56. The predicted molar refractivity (Wildman–Crippen MR) is 74.3 cm³/mol. The van der Waals surface area contributed by atoms with Crippen molar-refractivity contribution in [2.75, 3.05) is 26.2 Å². The van der Waals surface area contributed by atoms with Crippen LogP contribution in [0.25, 0.3) is 0 Å². The molecular weight excluding hydrogens is 208 g/mol. The first-order chi connectivity index (χ1) is 8.07. The maximum absolute atomic E-state index is 3.46. The molecule has 2 aliphatic rings. The molecule has 0 aromatic rings. The second-order valence-electron chi connectivity index (χ2n) is 7.01. The summed E-state index contributed by atoms with van der Waals surface area (Å²) >= 11 is 0. The lowest BCUT2D eigenvalue weighted by molar-refractivity contribution is 0.152. The standard InChI is InChI=1S/C15H30N2/c1-15(2,3)13-5-4-6-14(8-7-13)17-11-9-16-10-12-17/h13-14,16H,4-12H2,1-3H3. The zero-order valence-corrected chi connectivity index (χ0v) is 12.0. The van der Waals surface area contributed by atoms with Gasteiger partial charge in [0.05, 0.1) is 0 Å². The van der Waals surface area contributed by atoms with Gasteiger partial charge in [0.1, 0.15) is 0 Å². The van der Waals surface area contributed by atoms with E-state index < -0.39 is 0 Å². The Kier molecular flexibility index (Phi) is 4.48. The van der Waals surface area contributed by atoms with Crippen LogP contribution in [-0.2, 0) is 0 Å². The second kappa shape index (κ2) is 5.71. The van der Waals surface area contributed by atoms with Crippen LogP contribution in [-0.4, -0.2) is 37.1 Å². The molecule has 0 aromatic carbocycles. The number of piperazine rings is 1. The average molecular weight is 238 g/mol. The molecule has 0 amide bonds. The van der Waals surface area contributed by atoms with E-state index in [1.807, 2.05) is 0 Å². The van der Waals surface area contributed by atoms with Crippen molar-refractivity contribution >= 4 is 0 Å². The molecule has 2 rings (SSSR count). The molecule has 1 heterocycles. The van der Waals surface area contributed by atoms with Gasteiger partial charge in [0.2, 0.25) is 0 Å². The lowest BCUT2D eigenvalue weighted by Gasteiger charge is -2.35. The molecule has 2 fully saturated rings. The summed E-state index contributed by atoms with van der Waals surface area (Å²) in [5.41, 5.74) is 0.512. The van der Waals surface area contributed by atoms with Crippen molar-refractivity contribution in [2.45, 2.75) is 58.9 Å². The number of hydrogen-bond donors (Lipinski definition) is 1. The number of rotatable bonds is 1. The number of nitrogens with one attached hydrogen (secondary N) is 1. The Balaban J connectivity index is 1.86. The topological polar surface area (TPSA) is 15.3 Å². The molecule has 1 saturated heterocycles. The molecule has 0 radical (unpaired) electrons. The van der Waals surface area contributed by atoms with Crippen LogP contribution >= 0.6 is 0 Å². The molecule has 2 atom stereocenters. The van der Waals surface area contributed by atoms with Gasteiger partial charge in [0.25, 0.3) is 0 Å². The maximum atomic E-state index is 3.46. The van der Waals surface area contributed by atoms with E-state index in [-0.39, 0.29) is 0 Å². The highest BCUT2D eigenvalue weighted by atomic mass is 15.2. The van der Waals surface area contributed by atoms with Crippen molar-refractivity contribution < 1.29 is 0 Å². The largest absolute Gasteiger partial charge is 0.314 e. The third kappa shape index (κ3) is 3.69. The van der Waals surface area contributed by atoms with Crippen molar-refractivity contribution in [1.82, 2.24) is 10.2 Å². The van der Waals surface area contributed by atoms with E-state index in [1.165, 1.54) is 58.3 Å². The third-order valence-electron chi connectivity index (χ3n) is 4.83. The molecule has 2 heteroatoms. The Morgan fingerprint density at radius 2 is 1.65 bits per heavy atom. The first-order valence-electron chi connectivity index (χ1n) is 7.52. The van der Waals surface area contributed by atoms with Crippen molar-refractivity contribution in [3.63, 3.8) is 0 Å². The summed E-state index contributed by atoms with van der Waals surface area (Å²) in [4.78, 5) is 2.74. The van der Waals surface area contributed by atoms with Gasteiger partial charge in [-0.3, -0.25) is 4.90 Å². The zero-order chi connectivity index (χ0) is 12.3. The summed E-state index contributed by atoms with van der Waals surface area (Å²) in [7, 11) is 0. The molecule has 1 aliphatic carbocycles. The number of hydrogen-bond acceptors (Lipinski definition) is 2. The van der Waals surface area contributed by atoms with Gasteiger partial charge in [-0.25, -0.2) is 0 Å². The van der Waals surface area contributed by atoms with Gasteiger partial charge in [-0.05, 0) is 37.0 Å². The number of nitrogens with zero attached hydrogens (tertiary/aromatic N) is 1. The first-order valence-corrected chi connectivity index (χ1v) is 7.52. The van der Waals surface area contributed by atoms with Crippen LogP contribution in [0.15, 0.2) is 0 Å². The zero-order valence-electron chi connectivity index (χ0n) is 12.0. The van der Waals surface area contributed by atoms with Crippen molar-refractivity contribution in [1.29, 1.82) is 0 Å². The Bertz CT molecular complexity index is 226. The van der Waals surface area contributed by atoms with Crippen molar-refractivity contribution in [2.24, 2.45) is 11.3 Å². The summed E-state index contributed by atoms with van der Waals surface area (Å²) in [5, 5.41) is 3.46. The van der Waals surface area contributed by atoms with Crippen LogP contribution in [0.4, 0.5) is 0 Å². The van der Waals surface area contributed by atoms with E-state index in [9.17, 15) is 0 Å². The fourth-order valence-electron chi connectivity index (χ4n) is 3.56. The molecule has 0 spiro atoms. The van der Waals surface area contributed by atoms with Crippen molar-refractivity contribution in [3.05, 3.63) is 0 Å². The Labute approximate surface area is 107 Å². The molecule has 0 bridgehead atoms. The molecule has 2 nitrogen and oxygen atoms in total. The highest BCUT2D eigenvalue weighted by molar-refractivity contribution is 4.84. The maximum Gasteiger partial charge on any atom is 0.0110 e. The van der Waals surface area contributed by atoms with Crippen LogP contribution in [0, 0.1) is 11.3 Å². The summed E-state index contributed by atoms with van der Waals surface area (Å²) in [6.45, 7) is 12.2.